The van der Waals surface area contributed by atoms with Crippen LogP contribution in [0.5, 0.6) is 11.5 Å². The molecule has 0 saturated heterocycles. The fourth-order valence-corrected chi connectivity index (χ4v) is 1.48. The molecule has 0 radical (unpaired) electrons. The zero-order valence-corrected chi connectivity index (χ0v) is 10.1. The predicted octanol–water partition coefficient (Wildman–Crippen LogP) is 2.46. The van der Waals surface area contributed by atoms with E-state index in [9.17, 15) is 0 Å². The SMILES string of the molecule is CCC(=Cc1cc(OC)ccc1OC)CN. The van der Waals surface area contributed by atoms with Crippen molar-refractivity contribution in [2.45, 2.75) is 13.3 Å². The first kappa shape index (κ1) is 12.6. The predicted molar refractivity (Wildman–Crippen MR) is 66.9 cm³/mol. The molecule has 0 fully saturated rings. The van der Waals surface area contributed by atoms with E-state index < -0.39 is 0 Å². The van der Waals surface area contributed by atoms with Crippen molar-refractivity contribution in [1.29, 1.82) is 0 Å². The Bertz CT molecular complexity index is 366. The molecule has 2 N–H and O–H groups in total. The van der Waals surface area contributed by atoms with Gasteiger partial charge in [-0.25, -0.2) is 0 Å². The van der Waals surface area contributed by atoms with E-state index in [4.69, 9.17) is 15.2 Å². The number of hydrogen-bond acceptors (Lipinski definition) is 3. The second-order valence-corrected chi connectivity index (χ2v) is 3.47. The Morgan fingerprint density at radius 2 is 2.06 bits per heavy atom. The van der Waals surface area contributed by atoms with Gasteiger partial charge >= 0.3 is 0 Å². The molecular formula is C13H19NO2. The molecule has 0 unspecified atom stereocenters. The van der Waals surface area contributed by atoms with Gasteiger partial charge in [0.15, 0.2) is 0 Å². The molecule has 3 nitrogen and oxygen atoms in total. The Balaban J connectivity index is 3.13. The van der Waals surface area contributed by atoms with E-state index in [1.807, 2.05) is 18.2 Å². The lowest BCUT2D eigenvalue weighted by atomic mass is 10.1. The molecule has 1 aromatic rings. The largest absolute Gasteiger partial charge is 0.497 e. The third-order valence-corrected chi connectivity index (χ3v) is 2.51. The molecule has 0 spiro atoms. The average molecular weight is 221 g/mol. The Morgan fingerprint density at radius 3 is 2.56 bits per heavy atom. The number of methoxy groups -OCH3 is 2. The van der Waals surface area contributed by atoms with E-state index in [-0.39, 0.29) is 0 Å². The van der Waals surface area contributed by atoms with Crippen LogP contribution in [-0.4, -0.2) is 20.8 Å². The molecule has 0 aliphatic heterocycles. The highest BCUT2D eigenvalue weighted by molar-refractivity contribution is 5.62. The monoisotopic (exact) mass is 221 g/mol. The molecule has 0 bridgehead atoms. The molecule has 0 aromatic heterocycles. The summed E-state index contributed by atoms with van der Waals surface area (Å²) in [5.74, 6) is 1.65. The molecular weight excluding hydrogens is 202 g/mol. The number of hydrogen-bond donors (Lipinski definition) is 1. The van der Waals surface area contributed by atoms with E-state index in [1.165, 1.54) is 5.57 Å². The highest BCUT2D eigenvalue weighted by Crippen LogP contribution is 2.26. The van der Waals surface area contributed by atoms with Crippen molar-refractivity contribution >= 4 is 6.08 Å². The highest BCUT2D eigenvalue weighted by Gasteiger charge is 2.03. The van der Waals surface area contributed by atoms with Crippen LogP contribution < -0.4 is 15.2 Å². The number of rotatable bonds is 5. The number of ether oxygens (including phenoxy) is 2. The second kappa shape index (κ2) is 6.18. The summed E-state index contributed by atoms with van der Waals surface area (Å²) in [6.07, 6.45) is 3.00. The first-order valence-electron chi connectivity index (χ1n) is 5.36. The Hall–Kier alpha value is -1.48. The van der Waals surface area contributed by atoms with Crippen molar-refractivity contribution < 1.29 is 9.47 Å². The lowest BCUT2D eigenvalue weighted by molar-refractivity contribution is 0.402. The van der Waals surface area contributed by atoms with E-state index in [0.29, 0.717) is 6.54 Å². The van der Waals surface area contributed by atoms with Crippen LogP contribution in [0.3, 0.4) is 0 Å². The van der Waals surface area contributed by atoms with Gasteiger partial charge in [0.05, 0.1) is 14.2 Å². The molecule has 1 aromatic carbocycles. The molecule has 1 rings (SSSR count). The second-order valence-electron chi connectivity index (χ2n) is 3.47. The van der Waals surface area contributed by atoms with Crippen molar-refractivity contribution in [3.05, 3.63) is 29.3 Å². The van der Waals surface area contributed by atoms with Gasteiger partial charge in [-0.15, -0.1) is 0 Å². The van der Waals surface area contributed by atoms with Gasteiger partial charge in [-0.1, -0.05) is 18.6 Å². The zero-order chi connectivity index (χ0) is 12.0. The van der Waals surface area contributed by atoms with Crippen molar-refractivity contribution in [1.82, 2.24) is 0 Å². The van der Waals surface area contributed by atoms with Crippen molar-refractivity contribution in [2.75, 3.05) is 20.8 Å². The third kappa shape index (κ3) is 3.00. The van der Waals surface area contributed by atoms with Crippen LogP contribution >= 0.6 is 0 Å². The summed E-state index contributed by atoms with van der Waals surface area (Å²) in [6, 6.07) is 5.73. The summed E-state index contributed by atoms with van der Waals surface area (Å²) in [5.41, 5.74) is 7.84. The van der Waals surface area contributed by atoms with E-state index in [0.717, 1.165) is 23.5 Å². The van der Waals surface area contributed by atoms with Gasteiger partial charge in [-0.2, -0.15) is 0 Å². The van der Waals surface area contributed by atoms with Crippen LogP contribution in [0.15, 0.2) is 23.8 Å². The van der Waals surface area contributed by atoms with E-state index >= 15 is 0 Å². The van der Waals surface area contributed by atoms with Crippen molar-refractivity contribution in [3.63, 3.8) is 0 Å². The van der Waals surface area contributed by atoms with E-state index in [2.05, 4.69) is 13.0 Å². The Kier molecular flexibility index (Phi) is 4.86. The summed E-state index contributed by atoms with van der Waals surface area (Å²) >= 11 is 0. The minimum absolute atomic E-state index is 0.566. The van der Waals surface area contributed by atoms with Gasteiger partial charge in [0.25, 0.3) is 0 Å². The van der Waals surface area contributed by atoms with Crippen LogP contribution in [0.25, 0.3) is 6.08 Å². The van der Waals surface area contributed by atoms with Gasteiger partial charge in [-0.05, 0) is 24.6 Å². The molecule has 0 atom stereocenters. The molecule has 0 amide bonds. The standard InChI is InChI=1S/C13H19NO2/c1-4-10(9-14)7-11-8-12(15-2)5-6-13(11)16-3/h5-8H,4,9,14H2,1-3H3. The third-order valence-electron chi connectivity index (χ3n) is 2.51. The fourth-order valence-electron chi connectivity index (χ4n) is 1.48. The van der Waals surface area contributed by atoms with Crippen molar-refractivity contribution in [3.8, 4) is 11.5 Å². The average Bonchev–Trinajstić information content (AvgIpc) is 2.35. The molecule has 16 heavy (non-hydrogen) atoms. The van der Waals surface area contributed by atoms with Crippen molar-refractivity contribution in [2.24, 2.45) is 5.73 Å². The maximum absolute atomic E-state index is 5.65. The zero-order valence-electron chi connectivity index (χ0n) is 10.1. The molecule has 0 saturated carbocycles. The van der Waals surface area contributed by atoms with Crippen LogP contribution in [0.1, 0.15) is 18.9 Å². The van der Waals surface area contributed by atoms with Gasteiger partial charge < -0.3 is 15.2 Å². The molecule has 0 aliphatic rings. The minimum Gasteiger partial charge on any atom is -0.497 e. The fraction of sp³-hybridized carbons (Fsp3) is 0.385. The molecule has 0 aliphatic carbocycles. The van der Waals surface area contributed by atoms with Crippen LogP contribution in [-0.2, 0) is 0 Å². The maximum atomic E-state index is 5.65. The van der Waals surface area contributed by atoms with E-state index in [1.54, 1.807) is 14.2 Å². The smallest absolute Gasteiger partial charge is 0.126 e. The van der Waals surface area contributed by atoms with Crippen LogP contribution in [0.2, 0.25) is 0 Å². The summed E-state index contributed by atoms with van der Waals surface area (Å²) in [4.78, 5) is 0. The summed E-state index contributed by atoms with van der Waals surface area (Å²) in [5, 5.41) is 0. The topological polar surface area (TPSA) is 44.5 Å². The van der Waals surface area contributed by atoms with Gasteiger partial charge in [0.1, 0.15) is 11.5 Å². The molecule has 3 heteroatoms. The summed E-state index contributed by atoms with van der Waals surface area (Å²) in [6.45, 7) is 2.65. The Morgan fingerprint density at radius 1 is 1.31 bits per heavy atom. The van der Waals surface area contributed by atoms with Gasteiger partial charge in [-0.3, -0.25) is 0 Å². The summed E-state index contributed by atoms with van der Waals surface area (Å²) < 4.78 is 10.5. The number of benzene rings is 1. The van der Waals surface area contributed by atoms with Gasteiger partial charge in [0, 0.05) is 12.1 Å². The molecule has 0 heterocycles. The Labute approximate surface area is 96.9 Å². The number of nitrogens with two attached hydrogens (primary N) is 1. The summed E-state index contributed by atoms with van der Waals surface area (Å²) in [7, 11) is 3.31. The lowest BCUT2D eigenvalue weighted by Crippen LogP contribution is -2.02. The first-order chi connectivity index (χ1) is 7.74. The highest BCUT2D eigenvalue weighted by atomic mass is 16.5. The van der Waals surface area contributed by atoms with Gasteiger partial charge in [0.2, 0.25) is 0 Å². The van der Waals surface area contributed by atoms with Crippen LogP contribution in [0.4, 0.5) is 0 Å². The quantitative estimate of drug-likeness (QED) is 0.830. The minimum atomic E-state index is 0.566. The molecule has 88 valence electrons. The lowest BCUT2D eigenvalue weighted by Gasteiger charge is -2.09. The normalized spacial score (nSPS) is 11.4. The first-order valence-corrected chi connectivity index (χ1v) is 5.36. The van der Waals surface area contributed by atoms with Crippen LogP contribution in [0, 0.1) is 0 Å². The maximum Gasteiger partial charge on any atom is 0.126 e.